The molecule has 1 heterocycles. The van der Waals surface area contributed by atoms with Gasteiger partial charge in [-0.25, -0.2) is 0 Å². The van der Waals surface area contributed by atoms with Crippen molar-refractivity contribution in [3.63, 3.8) is 0 Å². The van der Waals surface area contributed by atoms with Crippen molar-refractivity contribution >= 4 is 17.8 Å². The van der Waals surface area contributed by atoms with Crippen LogP contribution < -0.4 is 0 Å². The number of nitrogens with zero attached hydrogens (tertiary/aromatic N) is 1. The number of ether oxygens (including phenoxy) is 2. The number of hydrogen-bond acceptors (Lipinski definition) is 5. The van der Waals surface area contributed by atoms with Crippen LogP contribution in [0.1, 0.15) is 126 Å². The summed E-state index contributed by atoms with van der Waals surface area (Å²) < 4.78 is 10.6. The lowest BCUT2D eigenvalue weighted by Gasteiger charge is -2.53. The van der Waals surface area contributed by atoms with Crippen LogP contribution in [-0.2, 0) is 23.9 Å². The molecular weight excluding hydrogens is 466 g/mol. The quantitative estimate of drug-likeness (QED) is 0.149. The first kappa shape index (κ1) is 33.4. The molecule has 0 aromatic rings. The monoisotopic (exact) mass is 523 g/mol. The van der Waals surface area contributed by atoms with E-state index in [2.05, 4.69) is 41.5 Å². The standard InChI is InChI=1S/C31H57NO5/c1-10-13-16-17-20-32-22-25(26(33)36-8)21-29(5,27(32)34)23-30(6,19-15-12-3)31(7,28(35)37-9)24(4)18-14-11-2/h24-25H,10-23H2,1-9H3. The lowest BCUT2D eigenvalue weighted by molar-refractivity contribution is -0.175. The molecule has 1 aliphatic heterocycles. The molecule has 0 saturated carbocycles. The van der Waals surface area contributed by atoms with Crippen molar-refractivity contribution in [3.05, 3.63) is 0 Å². The highest BCUT2D eigenvalue weighted by molar-refractivity contribution is 5.86. The van der Waals surface area contributed by atoms with E-state index in [1.807, 2.05) is 11.8 Å². The fourth-order valence-corrected chi connectivity index (χ4v) is 6.83. The number of esters is 2. The molecular formula is C31H57NO5. The zero-order chi connectivity index (χ0) is 28.3. The van der Waals surface area contributed by atoms with Gasteiger partial charge in [-0.05, 0) is 50.4 Å². The van der Waals surface area contributed by atoms with Gasteiger partial charge in [-0.1, -0.05) is 86.5 Å². The van der Waals surface area contributed by atoms with E-state index in [1.54, 1.807) is 0 Å². The predicted molar refractivity (Wildman–Crippen MR) is 150 cm³/mol. The summed E-state index contributed by atoms with van der Waals surface area (Å²) in [6.07, 6.45) is 11.1. The molecule has 1 aliphatic rings. The summed E-state index contributed by atoms with van der Waals surface area (Å²) in [5.41, 5.74) is -1.98. The number of rotatable bonds is 17. The first-order valence-electron chi connectivity index (χ1n) is 14.9. The predicted octanol–water partition coefficient (Wildman–Crippen LogP) is 7.19. The van der Waals surface area contributed by atoms with Crippen molar-refractivity contribution in [3.8, 4) is 0 Å². The molecule has 1 rings (SSSR count). The van der Waals surface area contributed by atoms with E-state index in [4.69, 9.17) is 9.47 Å². The van der Waals surface area contributed by atoms with Crippen LogP contribution in [0.25, 0.3) is 0 Å². The molecule has 0 aromatic carbocycles. The van der Waals surface area contributed by atoms with Crippen molar-refractivity contribution in [2.24, 2.45) is 28.1 Å². The zero-order valence-corrected chi connectivity index (χ0v) is 25.5. The van der Waals surface area contributed by atoms with Gasteiger partial charge in [0.15, 0.2) is 0 Å². The van der Waals surface area contributed by atoms with Gasteiger partial charge in [-0.3, -0.25) is 14.4 Å². The zero-order valence-electron chi connectivity index (χ0n) is 25.5. The molecule has 0 spiro atoms. The maximum atomic E-state index is 14.1. The summed E-state index contributed by atoms with van der Waals surface area (Å²) >= 11 is 0. The molecule has 5 unspecified atom stereocenters. The summed E-state index contributed by atoms with van der Waals surface area (Å²) in [5, 5.41) is 0. The molecule has 6 nitrogen and oxygen atoms in total. The Kier molecular flexibility index (Phi) is 13.7. The average Bonchev–Trinajstić information content (AvgIpc) is 2.88. The Balaban J connectivity index is 3.51. The Morgan fingerprint density at radius 3 is 2.16 bits per heavy atom. The van der Waals surface area contributed by atoms with E-state index >= 15 is 0 Å². The van der Waals surface area contributed by atoms with Crippen LogP contribution in [0.15, 0.2) is 0 Å². The van der Waals surface area contributed by atoms with Gasteiger partial charge in [0.05, 0.1) is 25.6 Å². The number of unbranched alkanes of at least 4 members (excludes halogenated alkanes) is 5. The summed E-state index contributed by atoms with van der Waals surface area (Å²) in [6.45, 7) is 16.0. The Labute approximate surface area is 227 Å². The van der Waals surface area contributed by atoms with Gasteiger partial charge < -0.3 is 14.4 Å². The number of likely N-dealkylation sites (tertiary alicyclic amines) is 1. The SMILES string of the molecule is CCCCCCN1CC(C(=O)OC)CC(C)(CC(C)(CCCC)C(C)(C(=O)OC)C(C)CCCC)C1=O. The van der Waals surface area contributed by atoms with Gasteiger partial charge >= 0.3 is 11.9 Å². The van der Waals surface area contributed by atoms with Crippen LogP contribution in [0.3, 0.4) is 0 Å². The van der Waals surface area contributed by atoms with Crippen LogP contribution in [0.2, 0.25) is 0 Å². The smallest absolute Gasteiger partial charge is 0.312 e. The molecule has 1 saturated heterocycles. The molecule has 1 amide bonds. The highest BCUT2D eigenvalue weighted by atomic mass is 16.5. The minimum atomic E-state index is -0.760. The first-order valence-corrected chi connectivity index (χ1v) is 14.9. The van der Waals surface area contributed by atoms with E-state index in [0.29, 0.717) is 25.9 Å². The van der Waals surface area contributed by atoms with Crippen LogP contribution in [-0.4, -0.2) is 50.1 Å². The Bertz CT molecular complexity index is 739. The minimum absolute atomic E-state index is 0.102. The highest BCUT2D eigenvalue weighted by Crippen LogP contribution is 2.57. The first-order chi connectivity index (χ1) is 17.4. The summed E-state index contributed by atoms with van der Waals surface area (Å²) in [5.74, 6) is -0.579. The number of carbonyl (C=O) groups excluding carboxylic acids is 3. The van der Waals surface area contributed by atoms with Gasteiger partial charge in [-0.2, -0.15) is 0 Å². The molecule has 0 radical (unpaired) electrons. The van der Waals surface area contributed by atoms with E-state index < -0.39 is 16.2 Å². The molecule has 1 fully saturated rings. The summed E-state index contributed by atoms with van der Waals surface area (Å²) in [4.78, 5) is 42.3. The minimum Gasteiger partial charge on any atom is -0.469 e. The molecule has 0 bridgehead atoms. The average molecular weight is 524 g/mol. The molecule has 216 valence electrons. The van der Waals surface area contributed by atoms with Gasteiger partial charge in [0.1, 0.15) is 0 Å². The summed E-state index contributed by atoms with van der Waals surface area (Å²) in [6, 6.07) is 0. The maximum absolute atomic E-state index is 14.1. The van der Waals surface area contributed by atoms with Crippen LogP contribution in [0.4, 0.5) is 0 Å². The number of amides is 1. The second-order valence-corrected chi connectivity index (χ2v) is 12.4. The van der Waals surface area contributed by atoms with Crippen molar-refractivity contribution in [1.82, 2.24) is 4.90 Å². The van der Waals surface area contributed by atoms with Crippen LogP contribution in [0, 0.1) is 28.1 Å². The Morgan fingerprint density at radius 1 is 1.00 bits per heavy atom. The highest BCUT2D eigenvalue weighted by Gasteiger charge is 2.58. The third kappa shape index (κ3) is 7.95. The second kappa shape index (κ2) is 15.1. The lowest BCUT2D eigenvalue weighted by atomic mass is 9.51. The second-order valence-electron chi connectivity index (χ2n) is 12.4. The normalized spacial score (nSPS) is 24.2. The van der Waals surface area contributed by atoms with E-state index in [1.165, 1.54) is 14.2 Å². The molecule has 6 heteroatoms. The summed E-state index contributed by atoms with van der Waals surface area (Å²) in [7, 11) is 2.91. The Hall–Kier alpha value is -1.59. The third-order valence-corrected chi connectivity index (χ3v) is 9.46. The van der Waals surface area contributed by atoms with Gasteiger partial charge in [0, 0.05) is 18.5 Å². The molecule has 37 heavy (non-hydrogen) atoms. The van der Waals surface area contributed by atoms with Gasteiger partial charge in [0.25, 0.3) is 0 Å². The fourth-order valence-electron chi connectivity index (χ4n) is 6.83. The number of methoxy groups -OCH3 is 2. The van der Waals surface area contributed by atoms with Crippen molar-refractivity contribution in [2.45, 2.75) is 126 Å². The molecule has 0 aliphatic carbocycles. The molecule has 5 atom stereocenters. The van der Waals surface area contributed by atoms with Gasteiger partial charge in [0.2, 0.25) is 5.91 Å². The number of carbonyl (C=O) groups is 3. The van der Waals surface area contributed by atoms with Crippen molar-refractivity contribution < 1.29 is 23.9 Å². The van der Waals surface area contributed by atoms with Crippen LogP contribution >= 0.6 is 0 Å². The number of piperidine rings is 1. The topological polar surface area (TPSA) is 72.9 Å². The van der Waals surface area contributed by atoms with Crippen molar-refractivity contribution in [2.75, 3.05) is 27.3 Å². The molecule has 0 aromatic heterocycles. The van der Waals surface area contributed by atoms with E-state index in [9.17, 15) is 14.4 Å². The van der Waals surface area contributed by atoms with E-state index in [0.717, 1.165) is 64.2 Å². The van der Waals surface area contributed by atoms with E-state index in [-0.39, 0.29) is 29.7 Å². The largest absolute Gasteiger partial charge is 0.469 e. The molecule has 0 N–H and O–H groups in total. The Morgan fingerprint density at radius 2 is 1.62 bits per heavy atom. The van der Waals surface area contributed by atoms with Crippen LogP contribution in [0.5, 0.6) is 0 Å². The lowest BCUT2D eigenvalue weighted by Crippen LogP contribution is -2.57. The fraction of sp³-hybridized carbons (Fsp3) is 0.903. The third-order valence-electron chi connectivity index (χ3n) is 9.46. The van der Waals surface area contributed by atoms with Gasteiger partial charge in [-0.15, -0.1) is 0 Å². The van der Waals surface area contributed by atoms with Crippen molar-refractivity contribution in [1.29, 1.82) is 0 Å². The maximum Gasteiger partial charge on any atom is 0.312 e. The number of hydrogen-bond donors (Lipinski definition) is 0.